The van der Waals surface area contributed by atoms with Crippen LogP contribution < -0.4 is 14.8 Å². The van der Waals surface area contributed by atoms with Gasteiger partial charge in [-0.05, 0) is 55.3 Å². The van der Waals surface area contributed by atoms with E-state index in [1.165, 1.54) is 0 Å². The molecule has 0 saturated carbocycles. The molecule has 6 nitrogen and oxygen atoms in total. The molecule has 150 valence electrons. The number of hydrogen-bond acceptors (Lipinski definition) is 6. The van der Waals surface area contributed by atoms with Crippen LogP contribution in [0.2, 0.25) is 0 Å². The summed E-state index contributed by atoms with van der Waals surface area (Å²) in [6.45, 7) is 4.14. The van der Waals surface area contributed by atoms with E-state index in [4.69, 9.17) is 9.47 Å². The van der Waals surface area contributed by atoms with Crippen molar-refractivity contribution in [1.82, 2.24) is 9.97 Å². The number of nitrogens with zero attached hydrogens (tertiary/aromatic N) is 2. The predicted octanol–water partition coefficient (Wildman–Crippen LogP) is 4.88. The van der Waals surface area contributed by atoms with E-state index in [2.05, 4.69) is 15.3 Å². The Hall–Kier alpha value is -3.80. The summed E-state index contributed by atoms with van der Waals surface area (Å²) in [5.74, 6) is 2.27. The van der Waals surface area contributed by atoms with Crippen molar-refractivity contribution < 1.29 is 14.6 Å². The number of benzene rings is 2. The van der Waals surface area contributed by atoms with Crippen molar-refractivity contribution in [2.24, 2.45) is 0 Å². The van der Waals surface area contributed by atoms with E-state index in [9.17, 15) is 5.11 Å². The minimum absolute atomic E-state index is 0.152. The molecule has 0 fully saturated rings. The Bertz CT molecular complexity index is 1260. The highest BCUT2D eigenvalue weighted by molar-refractivity contribution is 5.86. The number of hydrogen-bond donors (Lipinski definition) is 2. The number of rotatable bonds is 4. The Labute approximate surface area is 174 Å². The minimum atomic E-state index is -0.361. The summed E-state index contributed by atoms with van der Waals surface area (Å²) >= 11 is 0. The molecule has 0 spiro atoms. The Morgan fingerprint density at radius 2 is 1.80 bits per heavy atom. The van der Waals surface area contributed by atoms with Crippen molar-refractivity contribution in [3.63, 3.8) is 0 Å². The lowest BCUT2D eigenvalue weighted by Gasteiger charge is -2.22. The quantitative estimate of drug-likeness (QED) is 0.509. The number of aromatic nitrogens is 2. The Kier molecular flexibility index (Phi) is 4.39. The second-order valence-electron chi connectivity index (χ2n) is 7.44. The van der Waals surface area contributed by atoms with Crippen LogP contribution in [-0.4, -0.2) is 21.9 Å². The molecule has 2 N–H and O–H groups in total. The number of nitrogens with one attached hydrogen (secondary N) is 1. The van der Waals surface area contributed by atoms with Crippen LogP contribution in [0.15, 0.2) is 60.8 Å². The number of aryl methyl sites for hydroxylation is 2. The fourth-order valence-corrected chi connectivity index (χ4v) is 3.72. The minimum Gasteiger partial charge on any atom is -0.505 e. The third-order valence-corrected chi connectivity index (χ3v) is 5.25. The van der Waals surface area contributed by atoms with Crippen molar-refractivity contribution >= 4 is 16.7 Å². The van der Waals surface area contributed by atoms with Crippen molar-refractivity contribution in [2.75, 3.05) is 12.1 Å². The zero-order chi connectivity index (χ0) is 20.7. The monoisotopic (exact) mass is 399 g/mol. The predicted molar refractivity (Wildman–Crippen MR) is 115 cm³/mol. The largest absolute Gasteiger partial charge is 0.505 e. The van der Waals surface area contributed by atoms with Gasteiger partial charge in [0.15, 0.2) is 11.5 Å². The zero-order valence-electron chi connectivity index (χ0n) is 16.7. The summed E-state index contributed by atoms with van der Waals surface area (Å²) in [7, 11) is 0. The highest BCUT2D eigenvalue weighted by atomic mass is 16.7. The van der Waals surface area contributed by atoms with Gasteiger partial charge in [-0.3, -0.25) is 0 Å². The molecule has 0 amide bonds. The number of anilines is 1. The van der Waals surface area contributed by atoms with Crippen molar-refractivity contribution in [1.29, 1.82) is 0 Å². The van der Waals surface area contributed by atoms with Gasteiger partial charge in [0.05, 0.1) is 6.04 Å². The number of pyridine rings is 2. The lowest BCUT2D eigenvalue weighted by Crippen LogP contribution is -2.14. The van der Waals surface area contributed by atoms with Crippen LogP contribution in [0.4, 0.5) is 5.82 Å². The molecule has 0 radical (unpaired) electrons. The maximum absolute atomic E-state index is 11.2. The summed E-state index contributed by atoms with van der Waals surface area (Å²) in [5, 5.41) is 15.5. The fourth-order valence-electron chi connectivity index (χ4n) is 3.72. The average molecular weight is 399 g/mol. The number of phenols is 1. The maximum Gasteiger partial charge on any atom is 0.231 e. The second kappa shape index (κ2) is 7.22. The van der Waals surface area contributed by atoms with Crippen molar-refractivity contribution in [2.45, 2.75) is 19.9 Å². The molecule has 30 heavy (non-hydrogen) atoms. The van der Waals surface area contributed by atoms with Crippen LogP contribution in [-0.2, 0) is 0 Å². The lowest BCUT2D eigenvalue weighted by molar-refractivity contribution is 0.174. The normalized spacial score (nSPS) is 13.4. The summed E-state index contributed by atoms with van der Waals surface area (Å²) < 4.78 is 11.0. The van der Waals surface area contributed by atoms with Crippen LogP contribution in [0.25, 0.3) is 10.9 Å². The SMILES string of the molecule is Cc1ccnc(N[C@@H](c2ccc3c(c2)OCO3)c2ccc3ccc(C)nc3c2O)c1. The van der Waals surface area contributed by atoms with Crippen LogP contribution in [0.1, 0.15) is 28.4 Å². The molecule has 2 aromatic carbocycles. The molecule has 2 aromatic heterocycles. The summed E-state index contributed by atoms with van der Waals surface area (Å²) in [5.41, 5.74) is 4.16. The first kappa shape index (κ1) is 18.2. The molecule has 0 bridgehead atoms. The van der Waals surface area contributed by atoms with Gasteiger partial charge in [0, 0.05) is 22.8 Å². The molecule has 4 aromatic rings. The Morgan fingerprint density at radius 1 is 0.967 bits per heavy atom. The van der Waals surface area contributed by atoms with Crippen molar-refractivity contribution in [3.8, 4) is 17.2 Å². The van der Waals surface area contributed by atoms with Gasteiger partial charge in [-0.15, -0.1) is 0 Å². The molecule has 0 aliphatic carbocycles. The smallest absolute Gasteiger partial charge is 0.231 e. The molecule has 1 aliphatic heterocycles. The van der Waals surface area contributed by atoms with Gasteiger partial charge in [0.1, 0.15) is 17.1 Å². The number of phenolic OH excluding ortho intramolecular Hbond substituents is 1. The van der Waals surface area contributed by atoms with E-state index in [0.717, 1.165) is 28.0 Å². The van der Waals surface area contributed by atoms with Gasteiger partial charge in [-0.2, -0.15) is 0 Å². The lowest BCUT2D eigenvalue weighted by atomic mass is 9.95. The number of fused-ring (bicyclic) bond motifs is 2. The highest BCUT2D eigenvalue weighted by Crippen LogP contribution is 2.40. The molecular weight excluding hydrogens is 378 g/mol. The van der Waals surface area contributed by atoms with E-state index in [0.29, 0.717) is 22.6 Å². The van der Waals surface area contributed by atoms with E-state index in [1.807, 2.05) is 68.4 Å². The summed E-state index contributed by atoms with van der Waals surface area (Å²) in [4.78, 5) is 9.00. The molecule has 1 atom stereocenters. The van der Waals surface area contributed by atoms with E-state index in [-0.39, 0.29) is 18.6 Å². The molecular formula is C24H21N3O3. The summed E-state index contributed by atoms with van der Waals surface area (Å²) in [6.07, 6.45) is 1.76. The molecule has 6 heteroatoms. The third-order valence-electron chi connectivity index (χ3n) is 5.25. The van der Waals surface area contributed by atoms with Crippen molar-refractivity contribution in [3.05, 3.63) is 83.2 Å². The standard InChI is InChI=1S/C24H21N3O3/c1-14-9-10-25-21(11-14)27-22(17-6-8-19-20(12-17)30-13-29-19)18-7-5-16-4-3-15(2)26-23(16)24(18)28/h3-12,22,28H,13H2,1-2H3,(H,25,27)/t22-/m0/s1. The third kappa shape index (κ3) is 3.26. The van der Waals surface area contributed by atoms with Crippen LogP contribution in [0, 0.1) is 13.8 Å². The molecule has 0 saturated heterocycles. The van der Waals surface area contributed by atoms with E-state index in [1.54, 1.807) is 6.20 Å². The Balaban J connectivity index is 1.66. The van der Waals surface area contributed by atoms with Crippen LogP contribution >= 0.6 is 0 Å². The first-order valence-corrected chi connectivity index (χ1v) is 9.76. The Morgan fingerprint density at radius 3 is 2.67 bits per heavy atom. The molecule has 3 heterocycles. The topological polar surface area (TPSA) is 76.5 Å². The fraction of sp³-hybridized carbons (Fsp3) is 0.167. The van der Waals surface area contributed by atoms with Gasteiger partial charge in [0.25, 0.3) is 0 Å². The molecule has 5 rings (SSSR count). The average Bonchev–Trinajstić information content (AvgIpc) is 3.21. The van der Waals surface area contributed by atoms with Gasteiger partial charge in [-0.1, -0.05) is 24.3 Å². The van der Waals surface area contributed by atoms with Gasteiger partial charge in [0.2, 0.25) is 6.79 Å². The van der Waals surface area contributed by atoms with E-state index < -0.39 is 0 Å². The summed E-state index contributed by atoms with van der Waals surface area (Å²) in [6, 6.07) is 17.1. The van der Waals surface area contributed by atoms with Gasteiger partial charge < -0.3 is 19.9 Å². The van der Waals surface area contributed by atoms with Gasteiger partial charge in [-0.25, -0.2) is 9.97 Å². The number of ether oxygens (including phenoxy) is 2. The first-order valence-electron chi connectivity index (χ1n) is 9.76. The van der Waals surface area contributed by atoms with Gasteiger partial charge >= 0.3 is 0 Å². The van der Waals surface area contributed by atoms with E-state index >= 15 is 0 Å². The zero-order valence-corrected chi connectivity index (χ0v) is 16.7. The second-order valence-corrected chi connectivity index (χ2v) is 7.44. The molecule has 1 aliphatic rings. The van der Waals surface area contributed by atoms with Crippen LogP contribution in [0.5, 0.6) is 17.2 Å². The highest BCUT2D eigenvalue weighted by Gasteiger charge is 2.23. The number of aromatic hydroxyl groups is 1. The molecule has 0 unspecified atom stereocenters. The van der Waals surface area contributed by atoms with Crippen LogP contribution in [0.3, 0.4) is 0 Å². The first-order chi connectivity index (χ1) is 14.6. The maximum atomic E-state index is 11.2.